The van der Waals surface area contributed by atoms with E-state index in [0.29, 0.717) is 0 Å². The zero-order chi connectivity index (χ0) is 23.8. The first kappa shape index (κ1) is 23.3. The van der Waals surface area contributed by atoms with Gasteiger partial charge in [0.25, 0.3) is 0 Å². The number of halogens is 5. The minimum absolute atomic E-state index is 0.0373. The minimum Gasteiger partial charge on any atom is -0.368 e. The van der Waals surface area contributed by atoms with Gasteiger partial charge in [-0.1, -0.05) is 0 Å². The summed E-state index contributed by atoms with van der Waals surface area (Å²) in [5, 5.41) is 0. The number of hydrogen-bond acceptors (Lipinski definition) is 8. The number of pyridine rings is 1. The lowest BCUT2D eigenvalue weighted by Gasteiger charge is -2.43. The smallest absolute Gasteiger partial charge is 0.248 e. The number of nitrogens with two attached hydrogens (primary N) is 2. The molecule has 2 fully saturated rings. The molecule has 0 amide bonds. The summed E-state index contributed by atoms with van der Waals surface area (Å²) >= 11 is 0. The molecule has 0 unspecified atom stereocenters. The van der Waals surface area contributed by atoms with Crippen molar-refractivity contribution in [2.24, 2.45) is 5.84 Å². The maximum absolute atomic E-state index is 14.5. The van der Waals surface area contributed by atoms with Gasteiger partial charge >= 0.3 is 0 Å². The fourth-order valence-electron chi connectivity index (χ4n) is 4.51. The number of anilines is 3. The maximum atomic E-state index is 14.5. The third-order valence-electron chi connectivity index (χ3n) is 6.24. The highest BCUT2D eigenvalue weighted by molar-refractivity contribution is 5.57. The van der Waals surface area contributed by atoms with Crippen molar-refractivity contribution in [3.05, 3.63) is 17.9 Å². The van der Waals surface area contributed by atoms with Gasteiger partial charge in [-0.2, -0.15) is 15.0 Å². The SMILES string of the molecule is NNc1ccc(F)c(-c2nc(N)nc(N(C3CCC(F)(F)CC3)C3CCC(F)(F)CC3)n2)n1. The highest BCUT2D eigenvalue weighted by Gasteiger charge is 2.43. The van der Waals surface area contributed by atoms with Crippen molar-refractivity contribution in [2.45, 2.75) is 75.3 Å². The number of nitrogens with zero attached hydrogens (tertiary/aromatic N) is 5. The van der Waals surface area contributed by atoms with Crippen LogP contribution < -0.4 is 21.9 Å². The fourth-order valence-corrected chi connectivity index (χ4v) is 4.51. The molecule has 2 heterocycles. The van der Waals surface area contributed by atoms with Gasteiger partial charge in [-0.15, -0.1) is 0 Å². The Kier molecular flexibility index (Phi) is 6.25. The molecule has 2 aliphatic rings. The monoisotopic (exact) mass is 472 g/mol. The summed E-state index contributed by atoms with van der Waals surface area (Å²) in [4.78, 5) is 18.2. The van der Waals surface area contributed by atoms with E-state index in [1.54, 1.807) is 4.90 Å². The molecular formula is C20H25F5N8. The molecule has 0 bridgehead atoms. The molecule has 0 aromatic carbocycles. The summed E-state index contributed by atoms with van der Waals surface area (Å²) in [5.74, 6) is -1.12. The summed E-state index contributed by atoms with van der Waals surface area (Å²) in [7, 11) is 0. The average molecular weight is 472 g/mol. The van der Waals surface area contributed by atoms with E-state index in [9.17, 15) is 22.0 Å². The summed E-state index contributed by atoms with van der Waals surface area (Å²) in [6, 6.07) is 1.65. The first-order chi connectivity index (χ1) is 15.6. The van der Waals surface area contributed by atoms with Crippen LogP contribution in [0, 0.1) is 5.82 Å². The topological polar surface area (TPSA) is 119 Å². The summed E-state index contributed by atoms with van der Waals surface area (Å²) in [6.07, 6.45) is -0.758. The minimum atomic E-state index is -2.77. The second-order valence-corrected chi connectivity index (χ2v) is 8.57. The fraction of sp³-hybridized carbons (Fsp3) is 0.600. The van der Waals surface area contributed by atoms with E-state index in [0.717, 1.165) is 6.07 Å². The summed E-state index contributed by atoms with van der Waals surface area (Å²) in [5.41, 5.74) is 7.95. The predicted octanol–water partition coefficient (Wildman–Crippen LogP) is 3.90. The molecule has 180 valence electrons. The van der Waals surface area contributed by atoms with Gasteiger partial charge in [-0.05, 0) is 37.8 Å². The Morgan fingerprint density at radius 3 is 1.91 bits per heavy atom. The highest BCUT2D eigenvalue weighted by Crippen LogP contribution is 2.41. The second kappa shape index (κ2) is 8.84. The van der Waals surface area contributed by atoms with Crippen molar-refractivity contribution in [3.8, 4) is 11.5 Å². The molecule has 2 aromatic rings. The van der Waals surface area contributed by atoms with Crippen LogP contribution in [0.15, 0.2) is 12.1 Å². The summed E-state index contributed by atoms with van der Waals surface area (Å²) < 4.78 is 69.7. The van der Waals surface area contributed by atoms with E-state index >= 15 is 0 Å². The lowest BCUT2D eigenvalue weighted by Crippen LogP contribution is -2.50. The molecule has 5 N–H and O–H groups in total. The molecule has 13 heteroatoms. The Bertz CT molecular complexity index is 956. The van der Waals surface area contributed by atoms with Gasteiger partial charge in [0.05, 0.1) is 0 Å². The van der Waals surface area contributed by atoms with Crippen LogP contribution in [-0.2, 0) is 0 Å². The highest BCUT2D eigenvalue weighted by atomic mass is 19.3. The van der Waals surface area contributed by atoms with Gasteiger partial charge in [0.15, 0.2) is 11.6 Å². The predicted molar refractivity (Wildman–Crippen MR) is 112 cm³/mol. The van der Waals surface area contributed by atoms with Gasteiger partial charge in [0.1, 0.15) is 11.5 Å². The molecule has 2 aliphatic carbocycles. The maximum Gasteiger partial charge on any atom is 0.248 e. The zero-order valence-corrected chi connectivity index (χ0v) is 17.7. The quantitative estimate of drug-likeness (QED) is 0.341. The van der Waals surface area contributed by atoms with Gasteiger partial charge in [0.2, 0.25) is 23.7 Å². The van der Waals surface area contributed by atoms with Crippen molar-refractivity contribution in [3.63, 3.8) is 0 Å². The molecular weight excluding hydrogens is 447 g/mol. The third-order valence-corrected chi connectivity index (χ3v) is 6.24. The largest absolute Gasteiger partial charge is 0.368 e. The van der Waals surface area contributed by atoms with Crippen LogP contribution in [0.25, 0.3) is 11.5 Å². The van der Waals surface area contributed by atoms with E-state index in [-0.39, 0.29) is 80.6 Å². The normalized spacial score (nSPS) is 21.0. The number of rotatable bonds is 5. The Morgan fingerprint density at radius 2 is 1.39 bits per heavy atom. The first-order valence-corrected chi connectivity index (χ1v) is 10.8. The number of nitrogens with one attached hydrogen (secondary N) is 1. The van der Waals surface area contributed by atoms with Crippen LogP contribution in [0.1, 0.15) is 51.4 Å². The molecule has 2 aromatic heterocycles. The average Bonchev–Trinajstić information content (AvgIpc) is 2.76. The van der Waals surface area contributed by atoms with Crippen LogP contribution in [0.3, 0.4) is 0 Å². The van der Waals surface area contributed by atoms with Gasteiger partial charge in [0, 0.05) is 37.8 Å². The number of hydrazine groups is 1. The van der Waals surface area contributed by atoms with Gasteiger partial charge in [-0.25, -0.2) is 32.8 Å². The van der Waals surface area contributed by atoms with E-state index in [1.807, 2.05) is 0 Å². The number of alkyl halides is 4. The zero-order valence-electron chi connectivity index (χ0n) is 17.7. The van der Waals surface area contributed by atoms with Crippen molar-refractivity contribution in [1.82, 2.24) is 19.9 Å². The molecule has 0 spiro atoms. The van der Waals surface area contributed by atoms with Crippen LogP contribution in [0.5, 0.6) is 0 Å². The molecule has 0 saturated heterocycles. The molecule has 33 heavy (non-hydrogen) atoms. The van der Waals surface area contributed by atoms with Gasteiger partial charge < -0.3 is 16.1 Å². The Morgan fingerprint density at radius 1 is 0.848 bits per heavy atom. The van der Waals surface area contributed by atoms with Crippen LogP contribution in [-0.4, -0.2) is 43.9 Å². The standard InChI is InChI=1S/C20H25F5N8/c21-13-1-2-14(32-27)28-15(13)16-29-17(26)31-18(30-16)33(11-3-7-19(22,23)8-4-11)12-5-9-20(24,25)10-6-12/h1-2,11-12H,3-10,27H2,(H,28,32)(H2,26,29,30,31). The molecule has 0 radical (unpaired) electrons. The number of nitrogen functional groups attached to an aromatic ring is 2. The lowest BCUT2D eigenvalue weighted by molar-refractivity contribution is -0.0459. The summed E-state index contributed by atoms with van der Waals surface area (Å²) in [6.45, 7) is 0. The number of aromatic nitrogens is 4. The first-order valence-electron chi connectivity index (χ1n) is 10.8. The van der Waals surface area contributed by atoms with E-state index in [1.165, 1.54) is 6.07 Å². The van der Waals surface area contributed by atoms with E-state index < -0.39 is 29.7 Å². The Labute approximate surface area is 187 Å². The van der Waals surface area contributed by atoms with E-state index in [2.05, 4.69) is 25.4 Å². The second-order valence-electron chi connectivity index (χ2n) is 8.57. The van der Waals surface area contributed by atoms with Crippen molar-refractivity contribution < 1.29 is 22.0 Å². The van der Waals surface area contributed by atoms with Crippen LogP contribution in [0.4, 0.5) is 39.7 Å². The van der Waals surface area contributed by atoms with Gasteiger partial charge in [-0.3, -0.25) is 0 Å². The lowest BCUT2D eigenvalue weighted by atomic mass is 9.86. The van der Waals surface area contributed by atoms with Crippen LogP contribution in [0.2, 0.25) is 0 Å². The molecule has 8 nitrogen and oxygen atoms in total. The van der Waals surface area contributed by atoms with E-state index in [4.69, 9.17) is 11.6 Å². The number of hydrogen-bond donors (Lipinski definition) is 3. The Hall–Kier alpha value is -2.83. The van der Waals surface area contributed by atoms with Crippen molar-refractivity contribution in [2.75, 3.05) is 16.1 Å². The molecule has 2 saturated carbocycles. The van der Waals surface area contributed by atoms with Crippen molar-refractivity contribution >= 4 is 17.7 Å². The van der Waals surface area contributed by atoms with Crippen LogP contribution >= 0.6 is 0 Å². The molecule has 0 atom stereocenters. The Balaban J connectivity index is 1.72. The molecule has 0 aliphatic heterocycles. The third kappa shape index (κ3) is 5.23. The van der Waals surface area contributed by atoms with Crippen molar-refractivity contribution in [1.29, 1.82) is 0 Å². The molecule has 4 rings (SSSR count).